The van der Waals surface area contributed by atoms with E-state index in [1.54, 1.807) is 67.8 Å². The fraction of sp³-hybridized carbons (Fsp3) is 0.0714. The second-order valence-corrected chi connectivity index (χ2v) is 12.6. The Bertz CT molecular complexity index is 2180. The summed E-state index contributed by atoms with van der Waals surface area (Å²) >= 11 is 1.40. The van der Waals surface area contributed by atoms with Gasteiger partial charge in [0.25, 0.3) is 11.8 Å². The largest absolute Gasteiger partial charge is 0.497 e. The quantitative estimate of drug-likeness (QED) is 0.0875. The second kappa shape index (κ2) is 16.4. The molecule has 0 aliphatic heterocycles. The Balaban J connectivity index is 1.23. The molecule has 0 fully saturated rings. The average molecular weight is 694 g/mol. The lowest BCUT2D eigenvalue weighted by Gasteiger charge is -2.18. The van der Waals surface area contributed by atoms with Crippen LogP contribution < -0.4 is 25.4 Å². The van der Waals surface area contributed by atoms with Crippen molar-refractivity contribution < 1.29 is 23.9 Å². The van der Waals surface area contributed by atoms with Crippen LogP contribution in [0.4, 0.5) is 11.4 Å². The minimum absolute atomic E-state index is 0.00288. The van der Waals surface area contributed by atoms with Crippen LogP contribution in [0.5, 0.6) is 11.5 Å². The number of ether oxygens (including phenoxy) is 2. The first-order chi connectivity index (χ1) is 24.9. The zero-order chi connectivity index (χ0) is 35.6. The molecule has 6 aromatic carbocycles. The summed E-state index contributed by atoms with van der Waals surface area (Å²) in [5, 5.41) is 10.2. The van der Waals surface area contributed by atoms with Gasteiger partial charge < -0.3 is 25.4 Å². The van der Waals surface area contributed by atoms with Gasteiger partial charge in [0.2, 0.25) is 5.91 Å². The van der Waals surface area contributed by atoms with E-state index in [2.05, 4.69) is 16.0 Å². The standard InChI is InChI=1S/C42H35N3O5S/c1-49-33-22-25-38(50-2)31(26-33)27-37(45-40(46)30-15-7-4-8-16-30)41(47)43-32-20-23-34(24-21-32)51-39(29-13-5-3-6-14-29)42(48)44-36-19-11-17-28-12-9-10-18-35(28)36/h3-27,39H,1-2H3,(H,43,47)(H,44,48)(H,45,46)/b37-27-. The molecule has 6 rings (SSSR count). The molecule has 3 N–H and O–H groups in total. The molecular formula is C42H35N3O5S. The van der Waals surface area contributed by atoms with Crippen molar-refractivity contribution in [3.63, 3.8) is 0 Å². The molecule has 0 spiro atoms. The first-order valence-electron chi connectivity index (χ1n) is 16.1. The monoisotopic (exact) mass is 693 g/mol. The van der Waals surface area contributed by atoms with Crippen LogP contribution in [-0.2, 0) is 9.59 Å². The summed E-state index contributed by atoms with van der Waals surface area (Å²) in [6, 6.07) is 44.4. The second-order valence-electron chi connectivity index (χ2n) is 11.4. The van der Waals surface area contributed by atoms with E-state index < -0.39 is 17.1 Å². The van der Waals surface area contributed by atoms with E-state index in [1.807, 2.05) is 91.0 Å². The number of hydrogen-bond acceptors (Lipinski definition) is 6. The molecule has 51 heavy (non-hydrogen) atoms. The number of carbonyl (C=O) groups excluding carboxylic acids is 3. The maximum atomic E-state index is 13.8. The van der Waals surface area contributed by atoms with E-state index in [0.29, 0.717) is 28.3 Å². The molecule has 0 aliphatic rings. The van der Waals surface area contributed by atoms with Gasteiger partial charge in [0.05, 0.1) is 14.2 Å². The lowest BCUT2D eigenvalue weighted by atomic mass is 10.1. The number of nitrogens with one attached hydrogen (secondary N) is 3. The summed E-state index contributed by atoms with van der Waals surface area (Å²) in [7, 11) is 3.07. The summed E-state index contributed by atoms with van der Waals surface area (Å²) in [5.41, 5.74) is 3.03. The van der Waals surface area contributed by atoms with Crippen molar-refractivity contribution in [1.29, 1.82) is 0 Å². The van der Waals surface area contributed by atoms with Gasteiger partial charge in [-0.1, -0.05) is 84.9 Å². The van der Waals surface area contributed by atoms with E-state index in [1.165, 1.54) is 18.9 Å². The Kier molecular flexibility index (Phi) is 11.1. The van der Waals surface area contributed by atoms with Gasteiger partial charge in [-0.2, -0.15) is 0 Å². The van der Waals surface area contributed by atoms with Gasteiger partial charge in [0, 0.05) is 32.8 Å². The van der Waals surface area contributed by atoms with E-state index in [9.17, 15) is 14.4 Å². The third kappa shape index (κ3) is 8.65. The van der Waals surface area contributed by atoms with Crippen molar-refractivity contribution in [2.24, 2.45) is 0 Å². The van der Waals surface area contributed by atoms with Gasteiger partial charge >= 0.3 is 0 Å². The van der Waals surface area contributed by atoms with Crippen LogP contribution >= 0.6 is 11.8 Å². The lowest BCUT2D eigenvalue weighted by molar-refractivity contribution is -0.116. The zero-order valence-electron chi connectivity index (χ0n) is 28.0. The highest BCUT2D eigenvalue weighted by molar-refractivity contribution is 8.00. The van der Waals surface area contributed by atoms with E-state index >= 15 is 0 Å². The molecule has 8 nitrogen and oxygen atoms in total. The highest BCUT2D eigenvalue weighted by Crippen LogP contribution is 2.37. The smallest absolute Gasteiger partial charge is 0.272 e. The van der Waals surface area contributed by atoms with Crippen molar-refractivity contribution in [3.8, 4) is 11.5 Å². The average Bonchev–Trinajstić information content (AvgIpc) is 3.18. The van der Waals surface area contributed by atoms with Gasteiger partial charge in [-0.05, 0) is 77.7 Å². The third-order valence-electron chi connectivity index (χ3n) is 8.02. The van der Waals surface area contributed by atoms with Crippen LogP contribution in [0.2, 0.25) is 0 Å². The van der Waals surface area contributed by atoms with E-state index in [0.717, 1.165) is 26.9 Å². The van der Waals surface area contributed by atoms with Crippen LogP contribution in [0.15, 0.2) is 156 Å². The maximum Gasteiger partial charge on any atom is 0.272 e. The summed E-state index contributed by atoms with van der Waals surface area (Å²) in [4.78, 5) is 41.5. The maximum absolute atomic E-state index is 13.8. The molecule has 1 atom stereocenters. The molecule has 1 unspecified atom stereocenters. The Morgan fingerprint density at radius 2 is 1.37 bits per heavy atom. The molecule has 0 bridgehead atoms. The predicted octanol–water partition coefficient (Wildman–Crippen LogP) is 8.74. The van der Waals surface area contributed by atoms with Crippen LogP contribution in [0.25, 0.3) is 16.8 Å². The van der Waals surface area contributed by atoms with Gasteiger partial charge in [0.1, 0.15) is 22.4 Å². The molecule has 3 amide bonds. The molecule has 0 saturated heterocycles. The molecule has 9 heteroatoms. The number of anilines is 2. The van der Waals surface area contributed by atoms with Crippen molar-refractivity contribution in [3.05, 3.63) is 168 Å². The minimum atomic E-state index is -0.550. The van der Waals surface area contributed by atoms with Gasteiger partial charge in [-0.25, -0.2) is 0 Å². The number of methoxy groups -OCH3 is 2. The topological polar surface area (TPSA) is 106 Å². The molecule has 0 aromatic heterocycles. The van der Waals surface area contributed by atoms with Gasteiger partial charge in [-0.3, -0.25) is 14.4 Å². The van der Waals surface area contributed by atoms with Crippen LogP contribution in [-0.4, -0.2) is 31.9 Å². The van der Waals surface area contributed by atoms with Crippen LogP contribution in [0, 0.1) is 0 Å². The molecule has 0 saturated carbocycles. The first-order valence-corrected chi connectivity index (χ1v) is 17.0. The number of hydrogen-bond donors (Lipinski definition) is 3. The summed E-state index contributed by atoms with van der Waals surface area (Å²) in [6.07, 6.45) is 1.54. The number of carbonyl (C=O) groups is 3. The van der Waals surface area contributed by atoms with Gasteiger partial charge in [-0.15, -0.1) is 11.8 Å². The van der Waals surface area contributed by atoms with Crippen LogP contribution in [0.3, 0.4) is 0 Å². The number of benzene rings is 6. The van der Waals surface area contributed by atoms with Gasteiger partial charge in [0.15, 0.2) is 0 Å². The Morgan fingerprint density at radius 3 is 2.10 bits per heavy atom. The van der Waals surface area contributed by atoms with Crippen molar-refractivity contribution in [2.45, 2.75) is 10.1 Å². The molecule has 0 aliphatic carbocycles. The van der Waals surface area contributed by atoms with E-state index in [-0.39, 0.29) is 11.6 Å². The van der Waals surface area contributed by atoms with Crippen LogP contribution in [0.1, 0.15) is 26.7 Å². The molecule has 254 valence electrons. The Labute approximate surface area is 300 Å². The highest BCUT2D eigenvalue weighted by atomic mass is 32.2. The predicted molar refractivity (Wildman–Crippen MR) is 204 cm³/mol. The lowest BCUT2D eigenvalue weighted by Crippen LogP contribution is -2.30. The van der Waals surface area contributed by atoms with Crippen molar-refractivity contribution >= 4 is 57.7 Å². The third-order valence-corrected chi connectivity index (χ3v) is 9.29. The SMILES string of the molecule is COc1ccc(OC)c(/C=C(\NC(=O)c2ccccc2)C(=O)Nc2ccc(SC(C(=O)Nc3cccc4ccccc34)c3ccccc3)cc2)c1. The van der Waals surface area contributed by atoms with Crippen molar-refractivity contribution in [2.75, 3.05) is 24.9 Å². The normalized spacial score (nSPS) is 11.7. The minimum Gasteiger partial charge on any atom is -0.497 e. The fourth-order valence-electron chi connectivity index (χ4n) is 5.43. The summed E-state index contributed by atoms with van der Waals surface area (Å²) in [5.74, 6) is -0.0878. The molecule has 0 heterocycles. The number of amides is 3. The first kappa shape index (κ1) is 34.5. The molecular weight excluding hydrogens is 659 g/mol. The number of rotatable bonds is 12. The summed E-state index contributed by atoms with van der Waals surface area (Å²) < 4.78 is 10.9. The fourth-order valence-corrected chi connectivity index (χ4v) is 6.46. The van der Waals surface area contributed by atoms with E-state index in [4.69, 9.17) is 9.47 Å². The number of fused-ring (bicyclic) bond motifs is 1. The number of thioether (sulfide) groups is 1. The Morgan fingerprint density at radius 1 is 0.686 bits per heavy atom. The highest BCUT2D eigenvalue weighted by Gasteiger charge is 2.23. The molecule has 6 aromatic rings. The molecule has 0 radical (unpaired) electrons. The zero-order valence-corrected chi connectivity index (χ0v) is 28.8. The summed E-state index contributed by atoms with van der Waals surface area (Å²) in [6.45, 7) is 0. The van der Waals surface area contributed by atoms with Crippen molar-refractivity contribution in [1.82, 2.24) is 5.32 Å². The Hall–Kier alpha value is -6.32.